The van der Waals surface area contributed by atoms with Crippen molar-refractivity contribution in [1.82, 2.24) is 10.3 Å². The minimum Gasteiger partial charge on any atom is -0.459 e. The second-order valence-corrected chi connectivity index (χ2v) is 8.92. The number of rotatable bonds is 8. The Morgan fingerprint density at radius 1 is 1.16 bits per heavy atom. The monoisotopic (exact) mass is 529 g/mol. The van der Waals surface area contributed by atoms with Gasteiger partial charge in [0, 0.05) is 42.4 Å². The van der Waals surface area contributed by atoms with Crippen LogP contribution in [0.15, 0.2) is 89.5 Å². The number of pyridine rings is 1. The van der Waals surface area contributed by atoms with E-state index in [4.69, 9.17) is 21.4 Å². The molecule has 2 aromatic heterocycles. The molecule has 3 heterocycles. The highest BCUT2D eigenvalue weighted by atomic mass is 32.1. The van der Waals surface area contributed by atoms with Crippen molar-refractivity contribution in [1.29, 1.82) is 0 Å². The van der Waals surface area contributed by atoms with E-state index in [1.54, 1.807) is 36.5 Å². The van der Waals surface area contributed by atoms with Gasteiger partial charge in [0.2, 0.25) is 5.91 Å². The fourth-order valence-corrected chi connectivity index (χ4v) is 4.74. The second kappa shape index (κ2) is 10.8. The zero-order valence-corrected chi connectivity index (χ0v) is 21.1. The maximum Gasteiger partial charge on any atom is 0.270 e. The quantitative estimate of drug-likeness (QED) is 0.184. The molecule has 1 saturated heterocycles. The molecule has 2 aromatic carbocycles. The Kier molecular flexibility index (Phi) is 7.11. The molecule has 1 aliphatic rings. The number of aromatic nitrogens is 1. The molecule has 192 valence electrons. The van der Waals surface area contributed by atoms with E-state index in [0.717, 1.165) is 11.4 Å². The van der Waals surface area contributed by atoms with Gasteiger partial charge in [-0.25, -0.2) is 0 Å². The molecule has 10 nitrogen and oxygen atoms in total. The maximum absolute atomic E-state index is 11.9. The number of amides is 1. The van der Waals surface area contributed by atoms with E-state index < -0.39 is 11.0 Å². The number of furan rings is 1. The molecule has 11 heteroatoms. The van der Waals surface area contributed by atoms with Crippen LogP contribution in [0.25, 0.3) is 11.3 Å². The number of carbonyl (C=O) groups excluding carboxylic acids is 1. The van der Waals surface area contributed by atoms with Gasteiger partial charge in [-0.1, -0.05) is 18.2 Å². The van der Waals surface area contributed by atoms with Crippen LogP contribution in [0, 0.1) is 10.1 Å². The number of benzene rings is 2. The van der Waals surface area contributed by atoms with Gasteiger partial charge in [0.05, 0.1) is 16.7 Å². The molecule has 1 amide bonds. The van der Waals surface area contributed by atoms with E-state index in [1.807, 2.05) is 41.3 Å². The molecule has 4 aromatic rings. The highest BCUT2D eigenvalue weighted by Crippen LogP contribution is 2.43. The molecule has 0 unspecified atom stereocenters. The summed E-state index contributed by atoms with van der Waals surface area (Å²) in [5.74, 6) is 0.848. The van der Waals surface area contributed by atoms with Crippen LogP contribution >= 0.6 is 12.2 Å². The van der Waals surface area contributed by atoms with Gasteiger partial charge < -0.3 is 24.7 Å². The minimum atomic E-state index is -0.438. The average molecular weight is 530 g/mol. The lowest BCUT2D eigenvalue weighted by Crippen LogP contribution is -2.29. The van der Waals surface area contributed by atoms with Crippen LogP contribution < -0.4 is 15.5 Å². The summed E-state index contributed by atoms with van der Waals surface area (Å²) in [7, 11) is 1.46. The number of hydrogen-bond donors (Lipinski definition) is 2. The van der Waals surface area contributed by atoms with Crippen molar-refractivity contribution in [3.05, 3.63) is 107 Å². The van der Waals surface area contributed by atoms with Crippen LogP contribution in [0.4, 0.5) is 17.1 Å². The van der Waals surface area contributed by atoms with Crippen LogP contribution in [-0.2, 0) is 9.53 Å². The summed E-state index contributed by atoms with van der Waals surface area (Å²) in [6.45, 7) is -0.0406. The van der Waals surface area contributed by atoms with Crippen LogP contribution in [0.5, 0.6) is 0 Å². The van der Waals surface area contributed by atoms with Gasteiger partial charge in [-0.05, 0) is 60.7 Å². The summed E-state index contributed by atoms with van der Waals surface area (Å²) in [5, 5.41) is 17.9. The third kappa shape index (κ3) is 5.10. The first kappa shape index (κ1) is 25.1. The van der Waals surface area contributed by atoms with Gasteiger partial charge in [0.15, 0.2) is 5.11 Å². The molecular formula is C27H23N5O5S. The van der Waals surface area contributed by atoms with E-state index in [2.05, 4.69) is 15.6 Å². The van der Waals surface area contributed by atoms with E-state index in [9.17, 15) is 14.9 Å². The van der Waals surface area contributed by atoms with Gasteiger partial charge in [-0.2, -0.15) is 0 Å². The van der Waals surface area contributed by atoms with Crippen molar-refractivity contribution in [2.45, 2.75) is 12.1 Å². The molecular weight excluding hydrogens is 506 g/mol. The first-order chi connectivity index (χ1) is 18.4. The summed E-state index contributed by atoms with van der Waals surface area (Å²) in [6, 6.07) is 22.1. The Bertz CT molecular complexity index is 1470. The Balaban J connectivity index is 1.51. The summed E-state index contributed by atoms with van der Waals surface area (Å²) >= 11 is 5.74. The largest absolute Gasteiger partial charge is 0.459 e. The molecule has 5 rings (SSSR count). The number of non-ortho nitro benzene ring substituents is 1. The Hall–Kier alpha value is -4.61. The molecule has 0 aliphatic carbocycles. The number of nitro groups is 1. The first-order valence-electron chi connectivity index (χ1n) is 11.7. The molecule has 2 N–H and O–H groups in total. The number of nitro benzene ring substituents is 1. The molecule has 0 radical (unpaired) electrons. The standard InChI is InChI=1S/C27H23N5O5S/c1-36-16-24(33)29-18-8-10-19(11-9-18)31-26(25(30-27(31)38)21-7-2-3-14-28-21)23-13-12-22(37-23)17-5-4-6-20(15-17)32(34)35/h2-15,25-26H,16H2,1H3,(H,29,33)(H,30,38)/t25-,26-/m0/s1. The maximum atomic E-state index is 11.9. The van der Waals surface area contributed by atoms with E-state index in [0.29, 0.717) is 27.9 Å². The van der Waals surface area contributed by atoms with E-state index in [1.165, 1.54) is 19.2 Å². The lowest BCUT2D eigenvalue weighted by atomic mass is 10.0. The molecule has 1 aliphatic heterocycles. The van der Waals surface area contributed by atoms with Gasteiger partial charge in [0.1, 0.15) is 24.2 Å². The summed E-state index contributed by atoms with van der Waals surface area (Å²) in [4.78, 5) is 29.2. The minimum absolute atomic E-state index is 0.0187. The predicted molar refractivity (Wildman–Crippen MR) is 146 cm³/mol. The Morgan fingerprint density at radius 3 is 2.68 bits per heavy atom. The van der Waals surface area contributed by atoms with Crippen molar-refractivity contribution in [3.8, 4) is 11.3 Å². The van der Waals surface area contributed by atoms with Crippen molar-refractivity contribution in [3.63, 3.8) is 0 Å². The van der Waals surface area contributed by atoms with Crippen molar-refractivity contribution in [2.75, 3.05) is 23.9 Å². The smallest absolute Gasteiger partial charge is 0.270 e. The zero-order chi connectivity index (χ0) is 26.6. The van der Waals surface area contributed by atoms with E-state index in [-0.39, 0.29) is 24.2 Å². The SMILES string of the molecule is COCC(=O)Nc1ccc(N2C(=S)N[C@@H](c3ccccn3)[C@@H]2c2ccc(-c3cccc([N+](=O)[O-])c3)o2)cc1. The highest BCUT2D eigenvalue weighted by molar-refractivity contribution is 7.80. The summed E-state index contributed by atoms with van der Waals surface area (Å²) in [6.07, 6.45) is 1.72. The predicted octanol–water partition coefficient (Wildman–Crippen LogP) is 5.01. The van der Waals surface area contributed by atoms with Gasteiger partial charge in [-0.15, -0.1) is 0 Å². The zero-order valence-electron chi connectivity index (χ0n) is 20.2. The van der Waals surface area contributed by atoms with Crippen LogP contribution in [0.1, 0.15) is 23.5 Å². The van der Waals surface area contributed by atoms with Crippen LogP contribution in [0.2, 0.25) is 0 Å². The summed E-state index contributed by atoms with van der Waals surface area (Å²) < 4.78 is 11.1. The van der Waals surface area contributed by atoms with Crippen molar-refractivity contribution < 1.29 is 18.9 Å². The number of methoxy groups -OCH3 is 1. The fraction of sp³-hybridized carbons (Fsp3) is 0.148. The number of ether oxygens (including phenoxy) is 1. The molecule has 2 atom stereocenters. The fourth-order valence-electron chi connectivity index (χ4n) is 4.40. The third-order valence-electron chi connectivity index (χ3n) is 6.06. The number of anilines is 2. The van der Waals surface area contributed by atoms with Crippen molar-refractivity contribution >= 4 is 40.3 Å². The van der Waals surface area contributed by atoms with Gasteiger partial charge in [-0.3, -0.25) is 19.9 Å². The Morgan fingerprint density at radius 2 is 1.97 bits per heavy atom. The van der Waals surface area contributed by atoms with Crippen LogP contribution in [-0.4, -0.2) is 34.6 Å². The van der Waals surface area contributed by atoms with Crippen molar-refractivity contribution in [2.24, 2.45) is 0 Å². The molecule has 38 heavy (non-hydrogen) atoms. The average Bonchev–Trinajstić information content (AvgIpc) is 3.54. The third-order valence-corrected chi connectivity index (χ3v) is 6.38. The molecule has 0 bridgehead atoms. The lowest BCUT2D eigenvalue weighted by molar-refractivity contribution is -0.384. The van der Waals surface area contributed by atoms with Gasteiger partial charge >= 0.3 is 0 Å². The molecule has 0 spiro atoms. The highest BCUT2D eigenvalue weighted by Gasteiger charge is 2.42. The van der Waals surface area contributed by atoms with E-state index >= 15 is 0 Å². The number of nitrogens with zero attached hydrogens (tertiary/aromatic N) is 3. The normalized spacial score (nSPS) is 16.8. The first-order valence-corrected chi connectivity index (χ1v) is 12.1. The summed E-state index contributed by atoms with van der Waals surface area (Å²) in [5.41, 5.74) is 2.76. The second-order valence-electron chi connectivity index (χ2n) is 8.53. The topological polar surface area (TPSA) is 123 Å². The molecule has 1 fully saturated rings. The van der Waals surface area contributed by atoms with Gasteiger partial charge in [0.25, 0.3) is 5.69 Å². The number of hydrogen-bond acceptors (Lipinski definition) is 7. The number of carbonyl (C=O) groups is 1. The molecule has 0 saturated carbocycles. The lowest BCUT2D eigenvalue weighted by Gasteiger charge is -2.26. The van der Waals surface area contributed by atoms with Crippen LogP contribution in [0.3, 0.4) is 0 Å². The Labute approximate surface area is 223 Å². The number of nitrogens with one attached hydrogen (secondary N) is 2. The number of thiocarbonyl (C=S) groups is 1.